The highest BCUT2D eigenvalue weighted by molar-refractivity contribution is 5.66. The maximum atomic E-state index is 11.1. The molecule has 140 valence electrons. The van der Waals surface area contributed by atoms with Crippen LogP contribution in [-0.2, 0) is 4.79 Å². The fourth-order valence-corrected chi connectivity index (χ4v) is 5.71. The van der Waals surface area contributed by atoms with E-state index in [4.69, 9.17) is 5.11 Å². The van der Waals surface area contributed by atoms with E-state index in [2.05, 4.69) is 20.8 Å². The summed E-state index contributed by atoms with van der Waals surface area (Å²) >= 11 is 0. The summed E-state index contributed by atoms with van der Waals surface area (Å²) in [5.41, 5.74) is -1.24. The molecule has 0 aromatic carbocycles. The second-order valence-corrected chi connectivity index (χ2v) is 9.40. The van der Waals surface area contributed by atoms with Crippen LogP contribution in [-0.4, -0.2) is 33.0 Å². The van der Waals surface area contributed by atoms with E-state index >= 15 is 0 Å². The van der Waals surface area contributed by atoms with Gasteiger partial charge in [-0.3, -0.25) is 4.79 Å². The van der Waals surface area contributed by atoms with E-state index in [9.17, 15) is 15.0 Å². The molecule has 2 saturated carbocycles. The van der Waals surface area contributed by atoms with Crippen LogP contribution in [0.15, 0.2) is 0 Å². The van der Waals surface area contributed by atoms with Gasteiger partial charge >= 0.3 is 5.97 Å². The number of carboxylic acids is 1. The Balaban J connectivity index is 2.22. The molecule has 24 heavy (non-hydrogen) atoms. The van der Waals surface area contributed by atoms with Gasteiger partial charge in [-0.05, 0) is 68.6 Å². The van der Waals surface area contributed by atoms with Gasteiger partial charge in [-0.15, -0.1) is 0 Å². The Bertz CT molecular complexity index is 474. The van der Waals surface area contributed by atoms with Crippen molar-refractivity contribution in [3.05, 3.63) is 0 Å². The van der Waals surface area contributed by atoms with Crippen molar-refractivity contribution in [1.82, 2.24) is 0 Å². The Morgan fingerprint density at radius 3 is 2.42 bits per heavy atom. The Labute approximate surface area is 146 Å². The molecule has 0 heterocycles. The quantitative estimate of drug-likeness (QED) is 0.710. The van der Waals surface area contributed by atoms with Crippen LogP contribution in [0, 0.1) is 28.6 Å². The summed E-state index contributed by atoms with van der Waals surface area (Å²) in [5, 5.41) is 30.5. The largest absolute Gasteiger partial charge is 0.481 e. The first-order valence-electron chi connectivity index (χ1n) is 9.57. The number of aliphatic carboxylic acids is 1. The maximum absolute atomic E-state index is 11.1. The van der Waals surface area contributed by atoms with E-state index in [1.54, 1.807) is 0 Å². The molecule has 2 aliphatic carbocycles. The van der Waals surface area contributed by atoms with Gasteiger partial charge in [-0.2, -0.15) is 0 Å². The molecule has 3 N–H and O–H groups in total. The highest BCUT2D eigenvalue weighted by atomic mass is 16.4. The molecule has 0 saturated heterocycles. The zero-order chi connectivity index (χ0) is 18.3. The lowest BCUT2D eigenvalue weighted by Gasteiger charge is -2.64. The summed E-state index contributed by atoms with van der Waals surface area (Å²) in [7, 11) is 0. The number of carboxylic acid groups (broad SMARTS) is 1. The molecule has 0 aromatic heterocycles. The van der Waals surface area contributed by atoms with Crippen molar-refractivity contribution in [3.8, 4) is 0 Å². The number of hydrogen-bond donors (Lipinski definition) is 3. The van der Waals surface area contributed by atoms with E-state index in [1.807, 2.05) is 13.8 Å². The summed E-state index contributed by atoms with van der Waals surface area (Å²) in [6, 6.07) is 0. The van der Waals surface area contributed by atoms with Crippen LogP contribution in [0.25, 0.3) is 0 Å². The first-order valence-corrected chi connectivity index (χ1v) is 9.57. The predicted octanol–water partition coefficient (Wildman–Crippen LogP) is 3.84. The van der Waals surface area contributed by atoms with Crippen molar-refractivity contribution in [2.75, 3.05) is 0 Å². The molecule has 1 unspecified atom stereocenters. The van der Waals surface area contributed by atoms with E-state index in [0.29, 0.717) is 18.3 Å². The molecule has 0 radical (unpaired) electrons. The van der Waals surface area contributed by atoms with Gasteiger partial charge in [0, 0.05) is 11.8 Å². The molecule has 0 spiro atoms. The summed E-state index contributed by atoms with van der Waals surface area (Å²) in [4.78, 5) is 10.9. The molecule has 2 fully saturated rings. The van der Waals surface area contributed by atoms with Gasteiger partial charge in [0.2, 0.25) is 0 Å². The Morgan fingerprint density at radius 1 is 1.21 bits per heavy atom. The van der Waals surface area contributed by atoms with Crippen molar-refractivity contribution in [3.63, 3.8) is 0 Å². The number of rotatable bonds is 5. The van der Waals surface area contributed by atoms with Gasteiger partial charge in [0.1, 0.15) is 0 Å². The Kier molecular flexibility index (Phi) is 5.42. The number of hydrogen-bond acceptors (Lipinski definition) is 3. The minimum atomic E-state index is -1.05. The number of fused-ring (bicyclic) bond motifs is 1. The highest BCUT2D eigenvalue weighted by Gasteiger charge is 2.62. The van der Waals surface area contributed by atoms with Gasteiger partial charge in [-0.25, -0.2) is 0 Å². The van der Waals surface area contributed by atoms with Crippen molar-refractivity contribution in [2.45, 2.75) is 91.3 Å². The summed E-state index contributed by atoms with van der Waals surface area (Å²) < 4.78 is 0. The number of carbonyl (C=O) groups is 1. The SMILES string of the molecule is CC(CC[C@@]1(C)[C@H](C)CC[C@]2(C)[C@@H]1CC[C@@H](O)[C@@]2(C)O)CC(=O)O. The molecule has 0 aliphatic heterocycles. The molecular weight excluding hydrogens is 304 g/mol. The predicted molar refractivity (Wildman–Crippen MR) is 94.6 cm³/mol. The molecule has 7 atom stereocenters. The van der Waals surface area contributed by atoms with Crippen LogP contribution in [0.4, 0.5) is 0 Å². The van der Waals surface area contributed by atoms with Crippen molar-refractivity contribution < 1.29 is 20.1 Å². The summed E-state index contributed by atoms with van der Waals surface area (Å²) in [5.74, 6) is 0.370. The van der Waals surface area contributed by atoms with Gasteiger partial charge in [0.05, 0.1) is 11.7 Å². The normalized spacial score (nSPS) is 47.0. The lowest BCUT2D eigenvalue weighted by molar-refractivity contribution is -0.235. The lowest BCUT2D eigenvalue weighted by Crippen LogP contribution is -2.65. The standard InChI is InChI=1S/C20H36O4/c1-13(12-17(22)23)8-10-18(3)14(2)9-11-19(4)15(18)6-7-16(21)20(19,5)24/h13-16,21,24H,6-12H2,1-5H3,(H,22,23)/t13?,14-,15-,16-,18+,19-,20-/m1/s1. The monoisotopic (exact) mass is 340 g/mol. The maximum Gasteiger partial charge on any atom is 0.303 e. The van der Waals surface area contributed by atoms with Crippen molar-refractivity contribution in [2.24, 2.45) is 28.6 Å². The molecule has 0 bridgehead atoms. The summed E-state index contributed by atoms with van der Waals surface area (Å²) in [6.45, 7) is 10.6. The molecule has 4 heteroatoms. The molecule has 2 rings (SSSR count). The van der Waals surface area contributed by atoms with Gasteiger partial charge in [0.15, 0.2) is 0 Å². The average molecular weight is 341 g/mol. The molecule has 0 amide bonds. The average Bonchev–Trinajstić information content (AvgIpc) is 2.47. The smallest absolute Gasteiger partial charge is 0.303 e. The van der Waals surface area contributed by atoms with E-state index < -0.39 is 17.7 Å². The highest BCUT2D eigenvalue weighted by Crippen LogP contribution is 2.64. The number of aliphatic hydroxyl groups is 2. The van der Waals surface area contributed by atoms with E-state index in [-0.39, 0.29) is 23.2 Å². The topological polar surface area (TPSA) is 77.8 Å². The van der Waals surface area contributed by atoms with Crippen LogP contribution < -0.4 is 0 Å². The second-order valence-electron chi connectivity index (χ2n) is 9.40. The fraction of sp³-hybridized carbons (Fsp3) is 0.950. The first kappa shape index (κ1) is 19.7. The van der Waals surface area contributed by atoms with E-state index in [0.717, 1.165) is 32.1 Å². The van der Waals surface area contributed by atoms with Crippen LogP contribution in [0.5, 0.6) is 0 Å². The van der Waals surface area contributed by atoms with Crippen LogP contribution >= 0.6 is 0 Å². The van der Waals surface area contributed by atoms with E-state index in [1.165, 1.54) is 0 Å². The third-order valence-electron chi connectivity index (χ3n) is 8.02. The van der Waals surface area contributed by atoms with Crippen LogP contribution in [0.1, 0.15) is 79.6 Å². The third-order valence-corrected chi connectivity index (χ3v) is 8.02. The van der Waals surface area contributed by atoms with Crippen molar-refractivity contribution >= 4 is 5.97 Å². The summed E-state index contributed by atoms with van der Waals surface area (Å²) in [6.07, 6.45) is 5.08. The van der Waals surface area contributed by atoms with Gasteiger partial charge < -0.3 is 15.3 Å². The zero-order valence-corrected chi connectivity index (χ0v) is 16.0. The molecule has 2 aliphatic rings. The molecule has 0 aromatic rings. The van der Waals surface area contributed by atoms with Crippen LogP contribution in [0.3, 0.4) is 0 Å². The third kappa shape index (κ3) is 3.12. The van der Waals surface area contributed by atoms with Gasteiger partial charge in [-0.1, -0.05) is 27.7 Å². The second kappa shape index (κ2) is 6.60. The Hall–Kier alpha value is -0.610. The lowest BCUT2D eigenvalue weighted by atomic mass is 9.43. The molecular formula is C20H36O4. The fourth-order valence-electron chi connectivity index (χ4n) is 5.71. The van der Waals surface area contributed by atoms with Crippen LogP contribution in [0.2, 0.25) is 0 Å². The zero-order valence-electron chi connectivity index (χ0n) is 16.0. The van der Waals surface area contributed by atoms with Gasteiger partial charge in [0.25, 0.3) is 0 Å². The number of aliphatic hydroxyl groups excluding tert-OH is 1. The first-order chi connectivity index (χ1) is 10.9. The Morgan fingerprint density at radius 2 is 1.83 bits per heavy atom. The minimum Gasteiger partial charge on any atom is -0.481 e. The van der Waals surface area contributed by atoms with Crippen molar-refractivity contribution in [1.29, 1.82) is 0 Å². The minimum absolute atomic E-state index is 0.0872. The molecule has 4 nitrogen and oxygen atoms in total.